The normalized spacial score (nSPS) is 11.7. The number of benzene rings is 2. The number of carbonyl (C=O) groups is 2. The molecule has 3 aromatic rings. The molecule has 0 bridgehead atoms. The molecule has 2 aromatic carbocycles. The fraction of sp³-hybridized carbons (Fsp3) is 0.333. The van der Waals surface area contributed by atoms with Crippen molar-refractivity contribution >= 4 is 40.9 Å². The van der Waals surface area contributed by atoms with Crippen LogP contribution in [0.4, 0.5) is 5.69 Å². The lowest BCUT2D eigenvalue weighted by Crippen LogP contribution is -2.30. The first-order valence-corrected chi connectivity index (χ1v) is 12.2. The van der Waals surface area contributed by atoms with Crippen molar-refractivity contribution in [3.63, 3.8) is 0 Å². The molecule has 0 aliphatic carbocycles. The summed E-state index contributed by atoms with van der Waals surface area (Å²) in [7, 11) is 1.60. The van der Waals surface area contributed by atoms with Gasteiger partial charge in [-0.2, -0.15) is 0 Å². The maximum absolute atomic E-state index is 12.5. The van der Waals surface area contributed by atoms with E-state index in [1.807, 2.05) is 61.7 Å². The zero-order valence-corrected chi connectivity index (χ0v) is 21.2. The summed E-state index contributed by atoms with van der Waals surface area (Å²) in [4.78, 5) is 24.9. The molecule has 1 atom stereocenters. The molecule has 180 valence electrons. The Morgan fingerprint density at radius 2 is 1.88 bits per heavy atom. The van der Waals surface area contributed by atoms with Gasteiger partial charge < -0.3 is 19.9 Å². The van der Waals surface area contributed by atoms with E-state index in [1.165, 1.54) is 11.8 Å². The Bertz CT molecular complexity index is 1150. The second-order valence-corrected chi connectivity index (χ2v) is 9.05. The van der Waals surface area contributed by atoms with Crippen LogP contribution in [-0.2, 0) is 22.6 Å². The molecule has 0 saturated heterocycles. The summed E-state index contributed by atoms with van der Waals surface area (Å²) in [5, 5.41) is 15.5. The van der Waals surface area contributed by atoms with Crippen LogP contribution in [0, 0.1) is 6.92 Å². The first kappa shape index (κ1) is 25.6. The van der Waals surface area contributed by atoms with Crippen LogP contribution >= 0.6 is 23.4 Å². The van der Waals surface area contributed by atoms with E-state index in [0.29, 0.717) is 28.2 Å². The number of hydrogen-bond acceptors (Lipinski definition) is 6. The van der Waals surface area contributed by atoms with E-state index in [0.717, 1.165) is 16.9 Å². The van der Waals surface area contributed by atoms with Crippen LogP contribution in [-0.4, -0.2) is 39.4 Å². The smallest absolute Gasteiger partial charge is 0.234 e. The Morgan fingerprint density at radius 3 is 2.53 bits per heavy atom. The third-order valence-corrected chi connectivity index (χ3v) is 6.51. The predicted molar refractivity (Wildman–Crippen MR) is 134 cm³/mol. The number of ether oxygens (including phenoxy) is 1. The Hall–Kier alpha value is -3.04. The number of methoxy groups -OCH3 is 1. The zero-order chi connectivity index (χ0) is 24.7. The van der Waals surface area contributed by atoms with Crippen LogP contribution in [0.25, 0.3) is 0 Å². The minimum absolute atomic E-state index is 0.117. The molecule has 0 aliphatic heterocycles. The second-order valence-electron chi connectivity index (χ2n) is 7.70. The van der Waals surface area contributed by atoms with E-state index in [4.69, 9.17) is 16.3 Å². The predicted octanol–water partition coefficient (Wildman–Crippen LogP) is 4.42. The van der Waals surface area contributed by atoms with E-state index in [9.17, 15) is 9.59 Å². The highest BCUT2D eigenvalue weighted by atomic mass is 35.5. The Kier molecular flexibility index (Phi) is 8.95. The van der Waals surface area contributed by atoms with E-state index in [2.05, 4.69) is 20.8 Å². The summed E-state index contributed by atoms with van der Waals surface area (Å²) >= 11 is 7.41. The standard InChI is InChI=1S/C24H28ClN5O3S/c1-5-30-23(16(3)26-21(31)12-17-7-10-19(33-4)11-8-17)28-29-24(30)34-14-22(32)27-18-9-6-15(2)20(25)13-18/h6-11,13,16H,5,12,14H2,1-4H3,(H,26,31)(H,27,32)/t16-/m0/s1. The highest BCUT2D eigenvalue weighted by Crippen LogP contribution is 2.23. The number of halogens is 1. The summed E-state index contributed by atoms with van der Waals surface area (Å²) in [5.41, 5.74) is 2.48. The van der Waals surface area contributed by atoms with Gasteiger partial charge in [-0.3, -0.25) is 9.59 Å². The molecular formula is C24H28ClN5O3S. The molecule has 0 unspecified atom stereocenters. The summed E-state index contributed by atoms with van der Waals surface area (Å²) in [6.45, 7) is 6.35. The van der Waals surface area contributed by atoms with Gasteiger partial charge in [-0.1, -0.05) is 41.6 Å². The first-order chi connectivity index (χ1) is 16.3. The summed E-state index contributed by atoms with van der Waals surface area (Å²) in [5.74, 6) is 1.27. The molecule has 0 saturated carbocycles. The number of nitrogens with zero attached hydrogens (tertiary/aromatic N) is 3. The minimum Gasteiger partial charge on any atom is -0.497 e. The highest BCUT2D eigenvalue weighted by Gasteiger charge is 2.20. The molecule has 2 N–H and O–H groups in total. The van der Waals surface area contributed by atoms with Gasteiger partial charge in [-0.05, 0) is 56.2 Å². The van der Waals surface area contributed by atoms with Gasteiger partial charge in [0, 0.05) is 17.3 Å². The quantitative estimate of drug-likeness (QED) is 0.399. The van der Waals surface area contributed by atoms with Crippen molar-refractivity contribution in [2.45, 2.75) is 44.9 Å². The fourth-order valence-corrected chi connectivity index (χ4v) is 4.30. The van der Waals surface area contributed by atoms with Crippen molar-refractivity contribution in [2.75, 3.05) is 18.2 Å². The molecule has 34 heavy (non-hydrogen) atoms. The van der Waals surface area contributed by atoms with Gasteiger partial charge in [0.05, 0.1) is 25.3 Å². The molecule has 1 heterocycles. The average molecular weight is 502 g/mol. The summed E-state index contributed by atoms with van der Waals surface area (Å²) < 4.78 is 7.05. The van der Waals surface area contributed by atoms with Crippen LogP contribution in [0.15, 0.2) is 47.6 Å². The van der Waals surface area contributed by atoms with E-state index >= 15 is 0 Å². The van der Waals surface area contributed by atoms with Crippen LogP contribution < -0.4 is 15.4 Å². The topological polar surface area (TPSA) is 98.1 Å². The maximum atomic E-state index is 12.5. The minimum atomic E-state index is -0.337. The molecule has 0 spiro atoms. The van der Waals surface area contributed by atoms with Gasteiger partial charge in [0.1, 0.15) is 5.75 Å². The van der Waals surface area contributed by atoms with Gasteiger partial charge in [0.15, 0.2) is 11.0 Å². The zero-order valence-electron chi connectivity index (χ0n) is 19.6. The first-order valence-electron chi connectivity index (χ1n) is 10.8. The van der Waals surface area contributed by atoms with E-state index in [1.54, 1.807) is 13.2 Å². The average Bonchev–Trinajstić information content (AvgIpc) is 3.23. The largest absolute Gasteiger partial charge is 0.497 e. The molecule has 3 rings (SSSR count). The summed E-state index contributed by atoms with van der Waals surface area (Å²) in [6.07, 6.45) is 0.249. The third kappa shape index (κ3) is 6.74. The number of nitrogens with one attached hydrogen (secondary N) is 2. The number of anilines is 1. The van der Waals surface area contributed by atoms with Crippen LogP contribution in [0.2, 0.25) is 5.02 Å². The lowest BCUT2D eigenvalue weighted by atomic mass is 10.1. The molecule has 2 amide bonds. The van der Waals surface area contributed by atoms with Crippen molar-refractivity contribution < 1.29 is 14.3 Å². The Balaban J connectivity index is 1.57. The van der Waals surface area contributed by atoms with Crippen LogP contribution in [0.5, 0.6) is 5.75 Å². The Labute approximate surface area is 208 Å². The lowest BCUT2D eigenvalue weighted by Gasteiger charge is -2.15. The number of aromatic nitrogens is 3. The molecular weight excluding hydrogens is 474 g/mol. The fourth-order valence-electron chi connectivity index (χ4n) is 3.31. The highest BCUT2D eigenvalue weighted by molar-refractivity contribution is 7.99. The molecule has 8 nitrogen and oxygen atoms in total. The number of thioether (sulfide) groups is 1. The number of rotatable bonds is 10. The number of amides is 2. The van der Waals surface area contributed by atoms with Crippen molar-refractivity contribution in [3.05, 3.63) is 64.4 Å². The molecule has 0 radical (unpaired) electrons. The lowest BCUT2D eigenvalue weighted by molar-refractivity contribution is -0.121. The van der Waals surface area contributed by atoms with Crippen molar-refractivity contribution in [1.82, 2.24) is 20.1 Å². The monoisotopic (exact) mass is 501 g/mol. The van der Waals surface area contributed by atoms with Crippen molar-refractivity contribution in [1.29, 1.82) is 0 Å². The van der Waals surface area contributed by atoms with Crippen molar-refractivity contribution in [2.24, 2.45) is 0 Å². The molecule has 10 heteroatoms. The van der Waals surface area contributed by atoms with Gasteiger partial charge in [-0.25, -0.2) is 0 Å². The molecule has 0 fully saturated rings. The van der Waals surface area contributed by atoms with Crippen molar-refractivity contribution in [3.8, 4) is 5.75 Å². The number of hydrogen-bond donors (Lipinski definition) is 2. The third-order valence-electron chi connectivity index (χ3n) is 5.14. The molecule has 0 aliphatic rings. The number of carbonyl (C=O) groups excluding carboxylic acids is 2. The number of aryl methyl sites for hydroxylation is 1. The maximum Gasteiger partial charge on any atom is 0.234 e. The Morgan fingerprint density at radius 1 is 1.15 bits per heavy atom. The van der Waals surface area contributed by atoms with Gasteiger partial charge >= 0.3 is 0 Å². The SMILES string of the molecule is CCn1c(SCC(=O)Nc2ccc(C)c(Cl)c2)nnc1[C@H](C)NC(=O)Cc1ccc(OC)cc1. The van der Waals surface area contributed by atoms with E-state index in [-0.39, 0.29) is 30.0 Å². The van der Waals surface area contributed by atoms with Gasteiger partial charge in [-0.15, -0.1) is 10.2 Å². The summed E-state index contributed by atoms with van der Waals surface area (Å²) in [6, 6.07) is 12.4. The van der Waals surface area contributed by atoms with Crippen LogP contribution in [0.3, 0.4) is 0 Å². The van der Waals surface area contributed by atoms with Crippen LogP contribution in [0.1, 0.15) is 36.8 Å². The van der Waals surface area contributed by atoms with Gasteiger partial charge in [0.25, 0.3) is 0 Å². The second kappa shape index (κ2) is 11.9. The van der Waals surface area contributed by atoms with E-state index < -0.39 is 0 Å². The van der Waals surface area contributed by atoms with Gasteiger partial charge in [0.2, 0.25) is 11.8 Å². The molecule has 1 aromatic heterocycles.